The third-order valence-electron chi connectivity index (χ3n) is 4.40. The number of rotatable bonds is 3. The van der Waals surface area contributed by atoms with Gasteiger partial charge < -0.3 is 4.74 Å². The van der Waals surface area contributed by atoms with E-state index in [0.717, 1.165) is 13.1 Å². The molecule has 0 bridgehead atoms. The third-order valence-corrected chi connectivity index (χ3v) is 4.40. The Bertz CT molecular complexity index is 529. The lowest BCUT2D eigenvalue weighted by Crippen LogP contribution is -2.38. The summed E-state index contributed by atoms with van der Waals surface area (Å²) in [4.78, 5) is 2.57. The van der Waals surface area contributed by atoms with Gasteiger partial charge in [-0.1, -0.05) is 60.7 Å². The Labute approximate surface area is 120 Å². The Morgan fingerprint density at radius 1 is 0.850 bits per heavy atom. The zero-order valence-electron chi connectivity index (χ0n) is 11.5. The first kappa shape index (κ1) is 12.1. The van der Waals surface area contributed by atoms with Crippen LogP contribution in [-0.4, -0.2) is 30.2 Å². The summed E-state index contributed by atoms with van der Waals surface area (Å²) >= 11 is 0. The molecule has 2 fully saturated rings. The lowest BCUT2D eigenvalue weighted by atomic mass is 9.95. The number of fused-ring (bicyclic) bond motifs is 1. The molecule has 2 heteroatoms. The number of benzene rings is 2. The summed E-state index contributed by atoms with van der Waals surface area (Å²) in [6, 6.07) is 22.0. The van der Waals surface area contributed by atoms with E-state index in [9.17, 15) is 0 Å². The minimum absolute atomic E-state index is 0.350. The molecule has 2 atom stereocenters. The van der Waals surface area contributed by atoms with Crippen molar-refractivity contribution in [1.29, 1.82) is 0 Å². The van der Waals surface area contributed by atoms with Gasteiger partial charge in [-0.3, -0.25) is 4.90 Å². The minimum atomic E-state index is 0.350. The van der Waals surface area contributed by atoms with Gasteiger partial charge in [-0.2, -0.15) is 0 Å². The van der Waals surface area contributed by atoms with Crippen LogP contribution in [0.1, 0.15) is 23.6 Å². The average Bonchev–Trinajstić information content (AvgIpc) is 3.28. The number of hydrogen-bond donors (Lipinski definition) is 0. The molecule has 2 saturated heterocycles. The van der Waals surface area contributed by atoms with Crippen LogP contribution in [0.15, 0.2) is 60.7 Å². The molecule has 2 aromatic carbocycles. The van der Waals surface area contributed by atoms with Crippen LogP contribution in [0.25, 0.3) is 0 Å². The van der Waals surface area contributed by atoms with Crippen LogP contribution in [0.5, 0.6) is 0 Å². The van der Waals surface area contributed by atoms with Gasteiger partial charge in [0.2, 0.25) is 0 Å². The third kappa shape index (κ3) is 2.26. The van der Waals surface area contributed by atoms with Crippen LogP contribution in [-0.2, 0) is 4.74 Å². The largest absolute Gasteiger partial charge is 0.368 e. The first-order valence-corrected chi connectivity index (χ1v) is 7.41. The van der Waals surface area contributed by atoms with Gasteiger partial charge in [0.25, 0.3) is 0 Å². The number of likely N-dealkylation sites (tertiary alicyclic amines) is 1. The van der Waals surface area contributed by atoms with Gasteiger partial charge in [0.05, 0.1) is 18.2 Å². The van der Waals surface area contributed by atoms with E-state index in [1.165, 1.54) is 17.5 Å². The van der Waals surface area contributed by atoms with Crippen LogP contribution in [0.4, 0.5) is 0 Å². The molecule has 102 valence electrons. The highest BCUT2D eigenvalue weighted by atomic mass is 16.6. The first-order valence-electron chi connectivity index (χ1n) is 7.41. The van der Waals surface area contributed by atoms with Crippen molar-refractivity contribution in [3.63, 3.8) is 0 Å². The van der Waals surface area contributed by atoms with Crippen molar-refractivity contribution in [2.45, 2.75) is 24.7 Å². The summed E-state index contributed by atoms with van der Waals surface area (Å²) in [6.45, 7) is 2.18. The Morgan fingerprint density at radius 3 is 2.00 bits per heavy atom. The van der Waals surface area contributed by atoms with Gasteiger partial charge in [-0.25, -0.2) is 0 Å². The predicted molar refractivity (Wildman–Crippen MR) is 79.6 cm³/mol. The van der Waals surface area contributed by atoms with E-state index in [2.05, 4.69) is 65.6 Å². The lowest BCUT2D eigenvalue weighted by molar-refractivity contribution is 0.201. The molecule has 2 aliphatic rings. The van der Waals surface area contributed by atoms with Gasteiger partial charge in [-0.05, 0) is 17.5 Å². The highest BCUT2D eigenvalue weighted by Gasteiger charge is 2.45. The second kappa shape index (κ2) is 5.04. The van der Waals surface area contributed by atoms with Crippen molar-refractivity contribution in [1.82, 2.24) is 4.90 Å². The molecule has 20 heavy (non-hydrogen) atoms. The van der Waals surface area contributed by atoms with E-state index in [0.29, 0.717) is 18.2 Å². The number of hydrogen-bond acceptors (Lipinski definition) is 2. The summed E-state index contributed by atoms with van der Waals surface area (Å²) in [7, 11) is 0. The quantitative estimate of drug-likeness (QED) is 0.792. The second-order valence-electron chi connectivity index (χ2n) is 5.72. The fourth-order valence-electron chi connectivity index (χ4n) is 3.33. The van der Waals surface area contributed by atoms with E-state index in [1.807, 2.05) is 0 Å². The van der Waals surface area contributed by atoms with Crippen molar-refractivity contribution in [2.24, 2.45) is 0 Å². The van der Waals surface area contributed by atoms with Gasteiger partial charge >= 0.3 is 0 Å². The Hall–Kier alpha value is -1.64. The number of epoxide rings is 1. The van der Waals surface area contributed by atoms with E-state index in [-0.39, 0.29) is 0 Å². The van der Waals surface area contributed by atoms with Crippen LogP contribution in [0.3, 0.4) is 0 Å². The van der Waals surface area contributed by atoms with Gasteiger partial charge in [0, 0.05) is 13.1 Å². The molecule has 0 spiro atoms. The smallest absolute Gasteiger partial charge is 0.0969 e. The minimum Gasteiger partial charge on any atom is -0.368 e. The normalized spacial score (nSPS) is 25.4. The summed E-state index contributed by atoms with van der Waals surface area (Å²) in [5.74, 6) is 0. The fraction of sp³-hybridized carbons (Fsp3) is 0.333. The van der Waals surface area contributed by atoms with Gasteiger partial charge in [0.15, 0.2) is 0 Å². The Kier molecular flexibility index (Phi) is 3.06. The number of piperidine rings is 1. The Morgan fingerprint density at radius 2 is 1.45 bits per heavy atom. The maximum atomic E-state index is 5.69. The molecule has 0 saturated carbocycles. The number of nitrogens with zero attached hydrogens (tertiary/aromatic N) is 1. The molecule has 2 aromatic rings. The summed E-state index contributed by atoms with van der Waals surface area (Å²) < 4.78 is 5.69. The molecule has 2 unspecified atom stereocenters. The average molecular weight is 265 g/mol. The summed E-state index contributed by atoms with van der Waals surface area (Å²) in [5.41, 5.74) is 2.75. The highest BCUT2D eigenvalue weighted by molar-refractivity contribution is 5.32. The first-order chi connectivity index (χ1) is 9.92. The molecule has 2 aliphatic heterocycles. The molecule has 2 nitrogen and oxygen atoms in total. The van der Waals surface area contributed by atoms with Crippen LogP contribution in [0.2, 0.25) is 0 Å². The molecular formula is C18H19NO. The van der Waals surface area contributed by atoms with Crippen molar-refractivity contribution < 1.29 is 4.74 Å². The molecule has 2 heterocycles. The standard InChI is InChI=1S/C18H19NO/c1-3-7-14(8-4-1)18(15-9-5-2-6-10-15)19-12-11-16-17(13-19)20-16/h1-10,16-18H,11-13H2. The summed E-state index contributed by atoms with van der Waals surface area (Å²) in [5, 5.41) is 0. The Balaban J connectivity index is 1.69. The second-order valence-corrected chi connectivity index (χ2v) is 5.72. The predicted octanol–water partition coefficient (Wildman–Crippen LogP) is 3.25. The molecule has 0 N–H and O–H groups in total. The summed E-state index contributed by atoms with van der Waals surface area (Å²) in [6.07, 6.45) is 2.18. The lowest BCUT2D eigenvalue weighted by Gasteiger charge is -2.33. The van der Waals surface area contributed by atoms with Crippen LogP contribution < -0.4 is 0 Å². The van der Waals surface area contributed by atoms with Crippen molar-refractivity contribution in [3.8, 4) is 0 Å². The van der Waals surface area contributed by atoms with Crippen molar-refractivity contribution in [3.05, 3.63) is 71.8 Å². The highest BCUT2D eigenvalue weighted by Crippen LogP contribution is 2.37. The molecule has 0 radical (unpaired) electrons. The monoisotopic (exact) mass is 265 g/mol. The zero-order valence-corrected chi connectivity index (χ0v) is 11.5. The maximum Gasteiger partial charge on any atom is 0.0969 e. The van der Waals surface area contributed by atoms with Crippen molar-refractivity contribution >= 4 is 0 Å². The SMILES string of the molecule is c1ccc(C(c2ccccc2)N2CCC3OC3C2)cc1. The van der Waals surface area contributed by atoms with Crippen LogP contribution >= 0.6 is 0 Å². The fourth-order valence-corrected chi connectivity index (χ4v) is 3.33. The molecular weight excluding hydrogens is 246 g/mol. The van der Waals surface area contributed by atoms with Gasteiger partial charge in [-0.15, -0.1) is 0 Å². The van der Waals surface area contributed by atoms with E-state index >= 15 is 0 Å². The van der Waals surface area contributed by atoms with E-state index < -0.39 is 0 Å². The van der Waals surface area contributed by atoms with Crippen LogP contribution in [0, 0.1) is 0 Å². The van der Waals surface area contributed by atoms with E-state index in [4.69, 9.17) is 4.74 Å². The molecule has 0 aromatic heterocycles. The van der Waals surface area contributed by atoms with E-state index in [1.54, 1.807) is 0 Å². The van der Waals surface area contributed by atoms with Gasteiger partial charge in [0.1, 0.15) is 0 Å². The molecule has 0 aliphatic carbocycles. The molecule has 4 rings (SSSR count). The number of ether oxygens (including phenoxy) is 1. The van der Waals surface area contributed by atoms with Crippen molar-refractivity contribution in [2.75, 3.05) is 13.1 Å². The topological polar surface area (TPSA) is 15.8 Å². The maximum absolute atomic E-state index is 5.69. The molecule has 0 amide bonds. The zero-order chi connectivity index (χ0) is 13.4.